The molecule has 1 aliphatic carbocycles. The molecule has 0 spiro atoms. The monoisotopic (exact) mass is 349 g/mol. The summed E-state index contributed by atoms with van der Waals surface area (Å²) in [6.45, 7) is 1.51. The van der Waals surface area contributed by atoms with Gasteiger partial charge in [0.05, 0.1) is 16.1 Å². The van der Waals surface area contributed by atoms with E-state index in [9.17, 15) is 4.39 Å². The Morgan fingerprint density at radius 1 is 1.37 bits per heavy atom. The van der Waals surface area contributed by atoms with Gasteiger partial charge in [-0.3, -0.25) is 0 Å². The lowest BCUT2D eigenvalue weighted by Crippen LogP contribution is -2.27. The number of ether oxygens (including phenoxy) is 1. The molecule has 0 radical (unpaired) electrons. The van der Waals surface area contributed by atoms with Crippen molar-refractivity contribution in [2.45, 2.75) is 38.1 Å². The van der Waals surface area contributed by atoms with E-state index in [-0.39, 0.29) is 5.02 Å². The van der Waals surface area contributed by atoms with Crippen LogP contribution < -0.4 is 10.1 Å². The molecule has 0 bridgehead atoms. The van der Waals surface area contributed by atoms with Crippen molar-refractivity contribution in [3.63, 3.8) is 0 Å². The third-order valence-electron chi connectivity index (χ3n) is 3.34. The van der Waals surface area contributed by atoms with Gasteiger partial charge in [0, 0.05) is 12.1 Å². The van der Waals surface area contributed by atoms with Crippen LogP contribution in [-0.2, 0) is 0 Å². The van der Waals surface area contributed by atoms with E-state index in [1.54, 1.807) is 0 Å². The average Bonchev–Trinajstić information content (AvgIpc) is 2.88. The summed E-state index contributed by atoms with van der Waals surface area (Å²) in [6, 6.07) is 3.51. The molecule has 0 saturated heterocycles. The summed E-state index contributed by atoms with van der Waals surface area (Å²) >= 11 is 8.98. The molecule has 0 aliphatic heterocycles. The van der Waals surface area contributed by atoms with E-state index >= 15 is 0 Å². The van der Waals surface area contributed by atoms with E-state index in [0.717, 1.165) is 13.0 Å². The van der Waals surface area contributed by atoms with Gasteiger partial charge in [0.15, 0.2) is 0 Å². The lowest BCUT2D eigenvalue weighted by molar-refractivity contribution is 0.301. The number of hydrogen-bond acceptors (Lipinski definition) is 2. The van der Waals surface area contributed by atoms with Gasteiger partial charge in [-0.15, -0.1) is 0 Å². The highest BCUT2D eigenvalue weighted by Crippen LogP contribution is 2.30. The maximum atomic E-state index is 13.3. The van der Waals surface area contributed by atoms with Gasteiger partial charge >= 0.3 is 0 Å². The summed E-state index contributed by atoms with van der Waals surface area (Å²) in [4.78, 5) is 0. The van der Waals surface area contributed by atoms with E-state index in [1.807, 2.05) is 0 Å². The molecule has 0 amide bonds. The highest BCUT2D eigenvalue weighted by Gasteiger charge is 2.13. The Balaban J connectivity index is 1.69. The Labute approximate surface area is 126 Å². The van der Waals surface area contributed by atoms with Crippen LogP contribution in [0, 0.1) is 5.82 Å². The van der Waals surface area contributed by atoms with Crippen LogP contribution in [0.5, 0.6) is 5.75 Å². The van der Waals surface area contributed by atoms with Crippen LogP contribution in [0.1, 0.15) is 32.1 Å². The van der Waals surface area contributed by atoms with Crippen LogP contribution in [-0.4, -0.2) is 19.2 Å². The average molecular weight is 351 g/mol. The number of benzene rings is 1. The maximum Gasteiger partial charge on any atom is 0.145 e. The van der Waals surface area contributed by atoms with E-state index in [2.05, 4.69) is 21.2 Å². The number of halogens is 3. The van der Waals surface area contributed by atoms with Gasteiger partial charge in [0.2, 0.25) is 0 Å². The second-order valence-electron chi connectivity index (χ2n) is 4.83. The summed E-state index contributed by atoms with van der Waals surface area (Å²) in [5, 5.41) is 3.62. The predicted molar refractivity (Wildman–Crippen MR) is 79.5 cm³/mol. The van der Waals surface area contributed by atoms with Gasteiger partial charge in [-0.25, -0.2) is 4.39 Å². The van der Waals surface area contributed by atoms with Crippen molar-refractivity contribution < 1.29 is 9.13 Å². The normalized spacial score (nSPS) is 15.9. The zero-order valence-electron chi connectivity index (χ0n) is 10.7. The lowest BCUT2D eigenvalue weighted by Gasteiger charge is -2.12. The second-order valence-corrected chi connectivity index (χ2v) is 6.10. The summed E-state index contributed by atoms with van der Waals surface area (Å²) in [7, 11) is 0. The van der Waals surface area contributed by atoms with Crippen molar-refractivity contribution in [2.75, 3.05) is 13.2 Å². The molecule has 0 aromatic heterocycles. The van der Waals surface area contributed by atoms with Crippen LogP contribution in [0.3, 0.4) is 0 Å². The Morgan fingerprint density at radius 2 is 2.11 bits per heavy atom. The molecule has 1 N–H and O–H groups in total. The molecule has 5 heteroatoms. The van der Waals surface area contributed by atoms with Gasteiger partial charge < -0.3 is 10.1 Å². The largest absolute Gasteiger partial charge is 0.492 e. The predicted octanol–water partition coefficient (Wildman–Crippen LogP) is 4.54. The van der Waals surface area contributed by atoms with Gasteiger partial charge in [-0.1, -0.05) is 24.4 Å². The number of hydrogen-bond donors (Lipinski definition) is 1. The van der Waals surface area contributed by atoms with Gasteiger partial charge in [0.25, 0.3) is 0 Å². The van der Waals surface area contributed by atoms with Gasteiger partial charge in [-0.2, -0.15) is 0 Å². The fourth-order valence-corrected chi connectivity index (χ4v) is 3.06. The van der Waals surface area contributed by atoms with Crippen LogP contribution in [0.25, 0.3) is 0 Å². The molecular weight excluding hydrogens is 333 g/mol. The highest BCUT2D eigenvalue weighted by molar-refractivity contribution is 9.10. The van der Waals surface area contributed by atoms with Crippen LogP contribution in [0.15, 0.2) is 16.6 Å². The Bertz CT molecular complexity index is 424. The van der Waals surface area contributed by atoms with Crippen molar-refractivity contribution in [3.8, 4) is 5.75 Å². The Hall–Kier alpha value is -0.320. The minimum absolute atomic E-state index is 0.0992. The SMILES string of the molecule is Fc1cc(OCCCNC2CCCC2)c(Br)cc1Cl. The zero-order valence-corrected chi connectivity index (χ0v) is 13.1. The quantitative estimate of drug-likeness (QED) is 0.600. The second kappa shape index (κ2) is 7.46. The third kappa shape index (κ3) is 4.62. The molecule has 0 heterocycles. The summed E-state index contributed by atoms with van der Waals surface area (Å²) in [6.07, 6.45) is 6.16. The standard InChI is InChI=1S/C14H18BrClFNO/c15-11-8-12(16)13(17)9-14(11)19-7-3-6-18-10-4-1-2-5-10/h8-10,18H,1-7H2. The van der Waals surface area contributed by atoms with E-state index < -0.39 is 5.82 Å². The van der Waals surface area contributed by atoms with Crippen molar-refractivity contribution in [3.05, 3.63) is 27.4 Å². The molecule has 2 rings (SSSR count). The first kappa shape index (κ1) is 15.1. The molecule has 2 nitrogen and oxygen atoms in total. The molecule has 1 fully saturated rings. The maximum absolute atomic E-state index is 13.3. The smallest absolute Gasteiger partial charge is 0.145 e. The molecule has 1 aromatic carbocycles. The van der Waals surface area contributed by atoms with Crippen molar-refractivity contribution in [2.24, 2.45) is 0 Å². The summed E-state index contributed by atoms with van der Waals surface area (Å²) < 4.78 is 19.5. The minimum Gasteiger partial charge on any atom is -0.492 e. The van der Waals surface area contributed by atoms with Crippen LogP contribution in [0.2, 0.25) is 5.02 Å². The highest BCUT2D eigenvalue weighted by atomic mass is 79.9. The molecule has 1 aliphatic rings. The van der Waals surface area contributed by atoms with Crippen molar-refractivity contribution in [1.82, 2.24) is 5.32 Å². The van der Waals surface area contributed by atoms with Crippen molar-refractivity contribution in [1.29, 1.82) is 0 Å². The zero-order chi connectivity index (χ0) is 13.7. The number of rotatable bonds is 6. The molecule has 19 heavy (non-hydrogen) atoms. The Morgan fingerprint density at radius 3 is 2.84 bits per heavy atom. The molecule has 106 valence electrons. The molecule has 0 atom stereocenters. The van der Waals surface area contributed by atoms with E-state index in [4.69, 9.17) is 16.3 Å². The Kier molecular flexibility index (Phi) is 5.92. The first-order chi connectivity index (χ1) is 9.16. The van der Waals surface area contributed by atoms with Crippen LogP contribution in [0.4, 0.5) is 4.39 Å². The molecule has 1 aromatic rings. The van der Waals surface area contributed by atoms with E-state index in [1.165, 1.54) is 37.8 Å². The van der Waals surface area contributed by atoms with Gasteiger partial charge in [-0.05, 0) is 47.8 Å². The first-order valence-corrected chi connectivity index (χ1v) is 7.84. The summed E-state index contributed by atoms with van der Waals surface area (Å²) in [5.74, 6) is 0.0479. The fourth-order valence-electron chi connectivity index (χ4n) is 2.31. The van der Waals surface area contributed by atoms with Gasteiger partial charge in [0.1, 0.15) is 11.6 Å². The molecule has 0 unspecified atom stereocenters. The molecular formula is C14H18BrClFNO. The summed E-state index contributed by atoms with van der Waals surface area (Å²) in [5.41, 5.74) is 0. The topological polar surface area (TPSA) is 21.3 Å². The third-order valence-corrected chi connectivity index (χ3v) is 4.25. The van der Waals surface area contributed by atoms with E-state index in [0.29, 0.717) is 22.9 Å². The number of nitrogens with one attached hydrogen (secondary N) is 1. The lowest BCUT2D eigenvalue weighted by atomic mass is 10.2. The van der Waals surface area contributed by atoms with Crippen molar-refractivity contribution >= 4 is 27.5 Å². The molecule has 1 saturated carbocycles. The van der Waals surface area contributed by atoms with Crippen LogP contribution >= 0.6 is 27.5 Å². The first-order valence-electron chi connectivity index (χ1n) is 6.67. The minimum atomic E-state index is -0.455. The fraction of sp³-hybridized carbons (Fsp3) is 0.571.